The first-order valence-electron chi connectivity index (χ1n) is 11.8. The highest BCUT2D eigenvalue weighted by molar-refractivity contribution is 5.74. The van der Waals surface area contributed by atoms with Crippen LogP contribution in [0.2, 0.25) is 0 Å². The number of aromatic hydroxyl groups is 1. The van der Waals surface area contributed by atoms with Crippen LogP contribution in [0.3, 0.4) is 0 Å². The van der Waals surface area contributed by atoms with E-state index in [1.165, 1.54) is 0 Å². The van der Waals surface area contributed by atoms with Gasteiger partial charge in [0.2, 0.25) is 5.82 Å². The summed E-state index contributed by atoms with van der Waals surface area (Å²) in [6, 6.07) is 11.3. The first-order chi connectivity index (χ1) is 16.8. The van der Waals surface area contributed by atoms with Crippen LogP contribution in [-0.4, -0.2) is 76.0 Å². The Labute approximate surface area is 206 Å². The Bertz CT molecular complexity index is 1240. The standard InChI is InChI=1S/C26H32N8O/c1-18(32(3)4)9-10-24-28-13-11-25(29-24)34-16-15-33(14-12-19(34)2)22-17-21(30-31-26(22)27)20-7-5-6-8-23(20)35/h5-8,11,13,17-19,35H,12,14-16H2,1-4H3,(H2,27,31)/t18-,19-/m0/s1. The Hall–Kier alpha value is -3.90. The third kappa shape index (κ3) is 5.61. The molecule has 0 spiro atoms. The van der Waals surface area contributed by atoms with Gasteiger partial charge < -0.3 is 20.6 Å². The van der Waals surface area contributed by atoms with Gasteiger partial charge in [0, 0.05) is 37.4 Å². The Morgan fingerprint density at radius 3 is 2.71 bits per heavy atom. The van der Waals surface area contributed by atoms with E-state index in [9.17, 15) is 5.11 Å². The van der Waals surface area contributed by atoms with Crippen LogP contribution in [0.25, 0.3) is 11.3 Å². The van der Waals surface area contributed by atoms with E-state index >= 15 is 0 Å². The quantitative estimate of drug-likeness (QED) is 0.554. The molecule has 1 aliphatic heterocycles. The van der Waals surface area contributed by atoms with Gasteiger partial charge in [0.15, 0.2) is 5.82 Å². The topological polar surface area (TPSA) is 108 Å². The van der Waals surface area contributed by atoms with Gasteiger partial charge in [0.05, 0.1) is 17.4 Å². The van der Waals surface area contributed by atoms with Crippen molar-refractivity contribution in [3.63, 3.8) is 0 Å². The maximum atomic E-state index is 10.2. The van der Waals surface area contributed by atoms with E-state index in [4.69, 9.17) is 10.7 Å². The van der Waals surface area contributed by atoms with Crippen LogP contribution < -0.4 is 15.5 Å². The number of hydrogen-bond acceptors (Lipinski definition) is 9. The fourth-order valence-electron chi connectivity index (χ4n) is 3.97. The van der Waals surface area contributed by atoms with Crippen LogP contribution in [-0.2, 0) is 0 Å². The summed E-state index contributed by atoms with van der Waals surface area (Å²) < 4.78 is 0. The summed E-state index contributed by atoms with van der Waals surface area (Å²) in [5.41, 5.74) is 8.27. The average molecular weight is 473 g/mol. The normalized spacial score (nSPS) is 17.0. The number of hydrogen-bond donors (Lipinski definition) is 2. The molecule has 9 heteroatoms. The number of nitrogen functional groups attached to an aromatic ring is 1. The van der Waals surface area contributed by atoms with Crippen molar-refractivity contribution in [1.29, 1.82) is 0 Å². The SMILES string of the molecule is C[C@@H](C#Cc1nccc(N2CCN(c3cc(-c4ccccc4O)nnc3N)CC[C@@H]2C)n1)N(C)C. The number of para-hydroxylation sites is 1. The van der Waals surface area contributed by atoms with Crippen LogP contribution in [0.1, 0.15) is 26.1 Å². The minimum atomic E-state index is 0.120. The first-order valence-corrected chi connectivity index (χ1v) is 11.8. The maximum Gasteiger partial charge on any atom is 0.206 e. The number of rotatable bonds is 4. The van der Waals surface area contributed by atoms with E-state index in [0.29, 0.717) is 22.9 Å². The van der Waals surface area contributed by atoms with E-state index in [1.54, 1.807) is 18.3 Å². The lowest BCUT2D eigenvalue weighted by molar-refractivity contribution is 0.373. The zero-order valence-corrected chi connectivity index (χ0v) is 20.7. The van der Waals surface area contributed by atoms with Gasteiger partial charge >= 0.3 is 0 Å². The number of phenolic OH excluding ortho intramolecular Hbond substituents is 1. The van der Waals surface area contributed by atoms with Crippen molar-refractivity contribution in [2.45, 2.75) is 32.4 Å². The van der Waals surface area contributed by atoms with Gasteiger partial charge in [0.1, 0.15) is 11.6 Å². The lowest BCUT2D eigenvalue weighted by atomic mass is 10.1. The number of nitrogens with two attached hydrogens (primary N) is 1. The summed E-state index contributed by atoms with van der Waals surface area (Å²) >= 11 is 0. The molecule has 3 aromatic rings. The molecule has 0 bridgehead atoms. The van der Waals surface area contributed by atoms with Crippen molar-refractivity contribution in [1.82, 2.24) is 25.1 Å². The van der Waals surface area contributed by atoms with Crippen LogP contribution in [0, 0.1) is 11.8 Å². The van der Waals surface area contributed by atoms with Gasteiger partial charge in [-0.1, -0.05) is 18.1 Å². The van der Waals surface area contributed by atoms with Gasteiger partial charge in [-0.25, -0.2) is 9.97 Å². The molecule has 1 aromatic carbocycles. The molecule has 0 unspecified atom stereocenters. The summed E-state index contributed by atoms with van der Waals surface area (Å²) in [6.07, 6.45) is 2.68. The molecular weight excluding hydrogens is 440 g/mol. The highest BCUT2D eigenvalue weighted by atomic mass is 16.3. The van der Waals surface area contributed by atoms with E-state index in [0.717, 1.165) is 37.6 Å². The number of phenols is 1. The van der Waals surface area contributed by atoms with Gasteiger partial charge in [0.25, 0.3) is 0 Å². The summed E-state index contributed by atoms with van der Waals surface area (Å²) in [4.78, 5) is 15.6. The van der Waals surface area contributed by atoms with Crippen molar-refractivity contribution in [3.8, 4) is 28.8 Å². The summed E-state index contributed by atoms with van der Waals surface area (Å²) in [5, 5.41) is 18.6. The Morgan fingerprint density at radius 2 is 1.94 bits per heavy atom. The van der Waals surface area contributed by atoms with Crippen molar-refractivity contribution >= 4 is 17.3 Å². The third-order valence-corrected chi connectivity index (χ3v) is 6.38. The van der Waals surface area contributed by atoms with Crippen LogP contribution in [0.5, 0.6) is 5.75 Å². The predicted octanol–water partition coefficient (Wildman–Crippen LogP) is 2.63. The first kappa shape index (κ1) is 24.2. The smallest absolute Gasteiger partial charge is 0.206 e. The monoisotopic (exact) mass is 472 g/mol. The molecule has 0 amide bonds. The highest BCUT2D eigenvalue weighted by Crippen LogP contribution is 2.32. The molecule has 1 fully saturated rings. The van der Waals surface area contributed by atoms with Crippen molar-refractivity contribution in [3.05, 3.63) is 48.4 Å². The molecule has 1 aliphatic rings. The predicted molar refractivity (Wildman–Crippen MR) is 139 cm³/mol. The number of nitrogens with zero attached hydrogens (tertiary/aromatic N) is 7. The van der Waals surface area contributed by atoms with Gasteiger partial charge in [-0.15, -0.1) is 10.2 Å². The van der Waals surface area contributed by atoms with Crippen LogP contribution in [0.15, 0.2) is 42.6 Å². The zero-order chi connectivity index (χ0) is 24.9. The lowest BCUT2D eigenvalue weighted by Gasteiger charge is -2.28. The second-order valence-corrected chi connectivity index (χ2v) is 8.98. The lowest BCUT2D eigenvalue weighted by Crippen LogP contribution is -2.35. The molecule has 2 atom stereocenters. The van der Waals surface area contributed by atoms with Gasteiger partial charge in [-0.3, -0.25) is 4.90 Å². The zero-order valence-electron chi connectivity index (χ0n) is 20.7. The minimum Gasteiger partial charge on any atom is -0.507 e. The molecule has 182 valence electrons. The molecule has 0 saturated carbocycles. The van der Waals surface area contributed by atoms with E-state index in [-0.39, 0.29) is 17.8 Å². The Balaban J connectivity index is 1.55. The average Bonchev–Trinajstić information content (AvgIpc) is 3.05. The van der Waals surface area contributed by atoms with E-state index < -0.39 is 0 Å². The van der Waals surface area contributed by atoms with Crippen LogP contribution in [0.4, 0.5) is 17.3 Å². The fourth-order valence-corrected chi connectivity index (χ4v) is 3.97. The number of aromatic nitrogens is 4. The summed E-state index contributed by atoms with van der Waals surface area (Å²) in [5.74, 6) is 8.22. The second kappa shape index (κ2) is 10.6. The minimum absolute atomic E-state index is 0.120. The molecule has 3 heterocycles. The fraction of sp³-hybridized carbons (Fsp3) is 0.385. The van der Waals surface area contributed by atoms with Crippen molar-refractivity contribution in [2.24, 2.45) is 0 Å². The maximum absolute atomic E-state index is 10.2. The summed E-state index contributed by atoms with van der Waals surface area (Å²) in [6.45, 7) is 6.56. The van der Waals surface area contributed by atoms with E-state index in [2.05, 4.69) is 43.7 Å². The second-order valence-electron chi connectivity index (χ2n) is 8.98. The molecular formula is C26H32N8O. The Morgan fingerprint density at radius 1 is 1.14 bits per heavy atom. The molecule has 0 radical (unpaired) electrons. The molecule has 9 nitrogen and oxygen atoms in total. The van der Waals surface area contributed by atoms with Gasteiger partial charge in [-0.2, -0.15) is 0 Å². The highest BCUT2D eigenvalue weighted by Gasteiger charge is 2.24. The largest absolute Gasteiger partial charge is 0.507 e. The third-order valence-electron chi connectivity index (χ3n) is 6.38. The molecule has 0 aliphatic carbocycles. The molecule has 35 heavy (non-hydrogen) atoms. The number of benzene rings is 1. The summed E-state index contributed by atoms with van der Waals surface area (Å²) in [7, 11) is 4.00. The van der Waals surface area contributed by atoms with Crippen LogP contribution >= 0.6 is 0 Å². The Kier molecular flexibility index (Phi) is 7.32. The van der Waals surface area contributed by atoms with Gasteiger partial charge in [-0.05, 0) is 64.5 Å². The number of anilines is 3. The van der Waals surface area contributed by atoms with Crippen molar-refractivity contribution in [2.75, 3.05) is 49.3 Å². The molecule has 1 saturated heterocycles. The van der Waals surface area contributed by atoms with Crippen molar-refractivity contribution < 1.29 is 5.11 Å². The molecule has 2 aromatic heterocycles. The molecule has 4 rings (SSSR count). The molecule has 3 N–H and O–H groups in total. The van der Waals surface area contributed by atoms with E-state index in [1.807, 2.05) is 50.2 Å².